The van der Waals surface area contributed by atoms with E-state index >= 15 is 0 Å². The first-order valence-electron chi connectivity index (χ1n) is 11.5. The summed E-state index contributed by atoms with van der Waals surface area (Å²) in [5.41, 5.74) is 8.15. The number of benzene rings is 1. The van der Waals surface area contributed by atoms with Gasteiger partial charge in [-0.25, -0.2) is 9.97 Å². The Balaban J connectivity index is 1.27. The summed E-state index contributed by atoms with van der Waals surface area (Å²) < 4.78 is 8.82. The highest BCUT2D eigenvalue weighted by molar-refractivity contribution is 5.93. The molecule has 4 heterocycles. The van der Waals surface area contributed by atoms with Crippen molar-refractivity contribution in [2.24, 2.45) is 0 Å². The molecule has 1 saturated carbocycles. The topological polar surface area (TPSA) is 120 Å². The number of nitrogen functional groups attached to an aromatic ring is 1. The molecule has 1 aliphatic carbocycles. The van der Waals surface area contributed by atoms with Crippen LogP contribution in [0.2, 0.25) is 0 Å². The fourth-order valence-corrected chi connectivity index (χ4v) is 5.00. The summed E-state index contributed by atoms with van der Waals surface area (Å²) in [7, 11) is 1.63. The quantitative estimate of drug-likeness (QED) is 0.478. The van der Waals surface area contributed by atoms with Gasteiger partial charge in [0, 0.05) is 36.7 Å². The van der Waals surface area contributed by atoms with Crippen molar-refractivity contribution in [1.29, 1.82) is 0 Å². The first-order chi connectivity index (χ1) is 16.0. The minimum Gasteiger partial charge on any atom is -0.497 e. The molecule has 1 saturated heterocycles. The van der Waals surface area contributed by atoms with E-state index in [2.05, 4.69) is 15.0 Å². The molecule has 172 valence electrons. The number of anilines is 2. The highest BCUT2D eigenvalue weighted by atomic mass is 16.5. The number of aliphatic hydroxyl groups is 1. The van der Waals surface area contributed by atoms with Crippen molar-refractivity contribution in [3.05, 3.63) is 36.4 Å². The lowest BCUT2D eigenvalue weighted by molar-refractivity contribution is -0.0498. The van der Waals surface area contributed by atoms with Gasteiger partial charge in [-0.1, -0.05) is 0 Å². The van der Waals surface area contributed by atoms with E-state index in [9.17, 15) is 5.11 Å². The van der Waals surface area contributed by atoms with Gasteiger partial charge in [0.15, 0.2) is 11.5 Å². The maximum atomic E-state index is 10.5. The van der Waals surface area contributed by atoms with Crippen molar-refractivity contribution in [2.45, 2.75) is 50.2 Å². The number of aromatic nitrogens is 6. The molecule has 1 atom stereocenters. The van der Waals surface area contributed by atoms with Crippen LogP contribution in [0, 0.1) is 0 Å². The molecule has 33 heavy (non-hydrogen) atoms. The molecule has 1 aliphatic heterocycles. The lowest BCUT2D eigenvalue weighted by Gasteiger charge is -2.36. The number of methoxy groups -OCH3 is 1. The number of rotatable bonds is 5. The van der Waals surface area contributed by atoms with Gasteiger partial charge in [0.05, 0.1) is 36.7 Å². The van der Waals surface area contributed by atoms with Crippen LogP contribution in [0.5, 0.6) is 5.75 Å². The summed E-state index contributed by atoms with van der Waals surface area (Å²) in [5.74, 6) is 2.01. The Hall–Kier alpha value is -3.40. The summed E-state index contributed by atoms with van der Waals surface area (Å²) in [5, 5.41) is 20.6. The van der Waals surface area contributed by atoms with Gasteiger partial charge in [-0.3, -0.25) is 4.68 Å². The lowest BCUT2D eigenvalue weighted by Crippen LogP contribution is -2.41. The first-order valence-corrected chi connectivity index (χ1v) is 11.5. The zero-order valence-corrected chi connectivity index (χ0v) is 18.7. The summed E-state index contributed by atoms with van der Waals surface area (Å²) >= 11 is 0. The van der Waals surface area contributed by atoms with E-state index < -0.39 is 5.60 Å². The van der Waals surface area contributed by atoms with Gasteiger partial charge in [-0.15, -0.1) is 5.10 Å². The smallest absolute Gasteiger partial charge is 0.223 e. The lowest BCUT2D eigenvalue weighted by atomic mass is 9.80. The second-order valence-electron chi connectivity index (χ2n) is 9.32. The predicted molar refractivity (Wildman–Crippen MR) is 124 cm³/mol. The molecular weight excluding hydrogens is 420 g/mol. The first kappa shape index (κ1) is 20.2. The van der Waals surface area contributed by atoms with Crippen LogP contribution in [0.4, 0.5) is 11.6 Å². The molecule has 0 spiro atoms. The van der Waals surface area contributed by atoms with Crippen molar-refractivity contribution in [3.63, 3.8) is 0 Å². The van der Waals surface area contributed by atoms with E-state index in [1.807, 2.05) is 35.3 Å². The SMILES string of the molecule is COc1ccc2c(c1)nc(N)n1nc(C3CCCN(c4cnn(CC5(O)CCC5)c4)C3)nc21. The molecule has 0 amide bonds. The third-order valence-corrected chi connectivity index (χ3v) is 7.03. The number of hydrogen-bond donors (Lipinski definition) is 2. The van der Waals surface area contributed by atoms with Crippen molar-refractivity contribution in [1.82, 2.24) is 29.4 Å². The highest BCUT2D eigenvalue weighted by Crippen LogP contribution is 2.34. The van der Waals surface area contributed by atoms with E-state index in [1.54, 1.807) is 11.6 Å². The van der Waals surface area contributed by atoms with Crippen LogP contribution in [0.1, 0.15) is 43.8 Å². The average Bonchev–Trinajstić information content (AvgIpc) is 3.46. The fourth-order valence-electron chi connectivity index (χ4n) is 5.00. The molecule has 10 nitrogen and oxygen atoms in total. The summed E-state index contributed by atoms with van der Waals surface area (Å²) in [4.78, 5) is 11.7. The van der Waals surface area contributed by atoms with Crippen molar-refractivity contribution >= 4 is 28.2 Å². The Morgan fingerprint density at radius 1 is 1.24 bits per heavy atom. The zero-order valence-electron chi connectivity index (χ0n) is 18.7. The third kappa shape index (κ3) is 3.54. The van der Waals surface area contributed by atoms with Gasteiger partial charge >= 0.3 is 0 Å². The van der Waals surface area contributed by atoms with Gasteiger partial charge in [0.2, 0.25) is 5.95 Å². The van der Waals surface area contributed by atoms with Crippen LogP contribution in [0.3, 0.4) is 0 Å². The van der Waals surface area contributed by atoms with E-state index in [0.717, 1.165) is 73.4 Å². The second-order valence-corrected chi connectivity index (χ2v) is 9.32. The number of fused-ring (bicyclic) bond motifs is 3. The molecule has 2 aliphatic rings. The largest absolute Gasteiger partial charge is 0.497 e. The molecule has 0 radical (unpaired) electrons. The molecule has 0 bridgehead atoms. The molecule has 6 rings (SSSR count). The van der Waals surface area contributed by atoms with Gasteiger partial charge in [-0.2, -0.15) is 9.61 Å². The fraction of sp³-hybridized carbons (Fsp3) is 0.478. The summed E-state index contributed by atoms with van der Waals surface area (Å²) in [6.07, 6.45) is 8.79. The molecule has 1 unspecified atom stereocenters. The number of piperidine rings is 1. The van der Waals surface area contributed by atoms with Gasteiger partial charge < -0.3 is 20.5 Å². The van der Waals surface area contributed by atoms with Gasteiger partial charge in [-0.05, 0) is 44.2 Å². The molecular formula is C23H28N8O2. The van der Waals surface area contributed by atoms with Crippen molar-refractivity contribution in [3.8, 4) is 5.75 Å². The Bertz CT molecular complexity index is 1320. The Labute approximate surface area is 191 Å². The zero-order chi connectivity index (χ0) is 22.6. The number of hydrogen-bond acceptors (Lipinski definition) is 8. The molecule has 4 aromatic rings. The van der Waals surface area contributed by atoms with Gasteiger partial charge in [0.25, 0.3) is 0 Å². The van der Waals surface area contributed by atoms with E-state index in [0.29, 0.717) is 18.1 Å². The average molecular weight is 449 g/mol. The number of nitrogens with two attached hydrogens (primary N) is 1. The summed E-state index contributed by atoms with van der Waals surface area (Å²) in [6, 6.07) is 5.71. The van der Waals surface area contributed by atoms with Crippen LogP contribution in [0.15, 0.2) is 30.6 Å². The molecule has 3 aromatic heterocycles. The van der Waals surface area contributed by atoms with Crippen LogP contribution in [0.25, 0.3) is 16.6 Å². The highest BCUT2D eigenvalue weighted by Gasteiger charge is 2.35. The number of nitrogens with zero attached hydrogens (tertiary/aromatic N) is 7. The minimum absolute atomic E-state index is 0.186. The van der Waals surface area contributed by atoms with Crippen LogP contribution in [-0.4, -0.2) is 60.3 Å². The summed E-state index contributed by atoms with van der Waals surface area (Å²) in [6.45, 7) is 2.33. The van der Waals surface area contributed by atoms with E-state index in [-0.39, 0.29) is 5.92 Å². The van der Waals surface area contributed by atoms with Crippen LogP contribution in [-0.2, 0) is 6.54 Å². The maximum Gasteiger partial charge on any atom is 0.223 e. The second kappa shape index (κ2) is 7.58. The van der Waals surface area contributed by atoms with Crippen LogP contribution < -0.4 is 15.4 Å². The molecule has 2 fully saturated rings. The normalized spacial score (nSPS) is 20.3. The monoisotopic (exact) mass is 448 g/mol. The predicted octanol–water partition coefficient (Wildman–Crippen LogP) is 2.36. The molecule has 10 heteroatoms. The van der Waals surface area contributed by atoms with Crippen LogP contribution >= 0.6 is 0 Å². The minimum atomic E-state index is -0.588. The third-order valence-electron chi connectivity index (χ3n) is 7.03. The Kier molecular flexibility index (Phi) is 4.65. The van der Waals surface area contributed by atoms with E-state index in [1.165, 1.54) is 0 Å². The van der Waals surface area contributed by atoms with Gasteiger partial charge in [0.1, 0.15) is 5.75 Å². The maximum absolute atomic E-state index is 10.5. The molecule has 3 N–H and O–H groups in total. The number of ether oxygens (including phenoxy) is 1. The molecule has 1 aromatic carbocycles. The van der Waals surface area contributed by atoms with E-state index in [4.69, 9.17) is 20.6 Å². The Morgan fingerprint density at radius 2 is 2.12 bits per heavy atom. The van der Waals surface area contributed by atoms with Crippen molar-refractivity contribution < 1.29 is 9.84 Å². The standard InChI is InChI=1S/C23H28N8O2/c1-33-17-5-6-18-19(10-17)26-22(24)31-21(18)27-20(28-31)15-4-2-9-29(12-15)16-11-25-30(13-16)14-23(32)7-3-8-23/h5-6,10-11,13,15,32H,2-4,7-9,12,14H2,1H3,(H2,24,26). The van der Waals surface area contributed by atoms with Crippen molar-refractivity contribution in [2.75, 3.05) is 30.8 Å². The Morgan fingerprint density at radius 3 is 2.91 bits per heavy atom.